The van der Waals surface area contributed by atoms with Crippen LogP contribution >= 0.6 is 11.8 Å². The number of hydrogen-bond donors (Lipinski definition) is 1. The molecule has 0 aliphatic carbocycles. The third kappa shape index (κ3) is 3.23. The monoisotopic (exact) mass is 293 g/mol. The summed E-state index contributed by atoms with van der Waals surface area (Å²) in [5.74, 6) is 0.459. The Bertz CT molecular complexity index is 740. The predicted octanol–water partition coefficient (Wildman–Crippen LogP) is 4.19. The Morgan fingerprint density at radius 2 is 1.67 bits per heavy atom. The number of anilines is 1. The lowest BCUT2D eigenvalue weighted by Gasteiger charge is -2.07. The standard InChI is InChI=1S/C17H15N3S/c1-12-7-9-14(10-8-12)21-17-16(18)19-11-15(20-17)13-5-3-2-4-6-13/h2-11H,1H3,(H2,18,19). The Hall–Kier alpha value is -2.33. The molecule has 3 nitrogen and oxygen atoms in total. The molecule has 0 saturated carbocycles. The Morgan fingerprint density at radius 3 is 2.38 bits per heavy atom. The fraction of sp³-hybridized carbons (Fsp3) is 0.0588. The average Bonchev–Trinajstić information content (AvgIpc) is 2.52. The van der Waals surface area contributed by atoms with Crippen molar-refractivity contribution in [3.8, 4) is 11.3 Å². The molecule has 2 aromatic carbocycles. The molecule has 0 amide bonds. The predicted molar refractivity (Wildman–Crippen MR) is 87.2 cm³/mol. The minimum Gasteiger partial charge on any atom is -0.381 e. The van der Waals surface area contributed by atoms with E-state index in [4.69, 9.17) is 5.73 Å². The van der Waals surface area contributed by atoms with Gasteiger partial charge in [0, 0.05) is 10.5 Å². The number of hydrogen-bond acceptors (Lipinski definition) is 4. The van der Waals surface area contributed by atoms with Gasteiger partial charge in [0.25, 0.3) is 0 Å². The van der Waals surface area contributed by atoms with Gasteiger partial charge in [-0.15, -0.1) is 0 Å². The number of aryl methyl sites for hydroxylation is 1. The van der Waals surface area contributed by atoms with Gasteiger partial charge >= 0.3 is 0 Å². The van der Waals surface area contributed by atoms with Crippen LogP contribution in [0.15, 0.2) is 70.7 Å². The van der Waals surface area contributed by atoms with Crippen LogP contribution in [-0.4, -0.2) is 9.97 Å². The number of nitrogen functional groups attached to an aromatic ring is 1. The molecule has 1 heterocycles. The minimum atomic E-state index is 0.459. The average molecular weight is 293 g/mol. The molecular weight excluding hydrogens is 278 g/mol. The van der Waals surface area contributed by atoms with Gasteiger partial charge in [-0.1, -0.05) is 59.8 Å². The highest BCUT2D eigenvalue weighted by Gasteiger charge is 2.08. The van der Waals surface area contributed by atoms with Crippen LogP contribution in [0.1, 0.15) is 5.56 Å². The second-order valence-corrected chi connectivity index (χ2v) is 5.79. The molecule has 0 atom stereocenters. The fourth-order valence-corrected chi connectivity index (χ4v) is 2.72. The molecule has 4 heteroatoms. The number of aromatic nitrogens is 2. The molecule has 0 radical (unpaired) electrons. The van der Waals surface area contributed by atoms with Gasteiger partial charge in [-0.05, 0) is 19.1 Å². The molecule has 0 fully saturated rings. The van der Waals surface area contributed by atoms with E-state index in [2.05, 4.69) is 41.2 Å². The normalized spacial score (nSPS) is 10.5. The summed E-state index contributed by atoms with van der Waals surface area (Å²) >= 11 is 1.53. The zero-order chi connectivity index (χ0) is 14.7. The van der Waals surface area contributed by atoms with Crippen LogP contribution in [0.4, 0.5) is 5.82 Å². The van der Waals surface area contributed by atoms with Crippen molar-refractivity contribution in [1.82, 2.24) is 9.97 Å². The second kappa shape index (κ2) is 5.97. The van der Waals surface area contributed by atoms with E-state index in [1.54, 1.807) is 6.20 Å². The molecule has 0 spiro atoms. The van der Waals surface area contributed by atoms with Crippen molar-refractivity contribution in [1.29, 1.82) is 0 Å². The topological polar surface area (TPSA) is 51.8 Å². The van der Waals surface area contributed by atoms with Crippen LogP contribution < -0.4 is 5.73 Å². The Morgan fingerprint density at radius 1 is 0.952 bits per heavy atom. The first-order valence-corrected chi connectivity index (χ1v) is 7.46. The molecule has 21 heavy (non-hydrogen) atoms. The minimum absolute atomic E-state index is 0.459. The molecule has 1 aromatic heterocycles. The molecular formula is C17H15N3S. The van der Waals surface area contributed by atoms with E-state index in [-0.39, 0.29) is 0 Å². The maximum Gasteiger partial charge on any atom is 0.156 e. The molecule has 104 valence electrons. The lowest BCUT2D eigenvalue weighted by Crippen LogP contribution is -1.97. The second-order valence-electron chi connectivity index (χ2n) is 4.73. The Kier molecular flexibility index (Phi) is 3.88. The third-order valence-electron chi connectivity index (χ3n) is 3.07. The van der Waals surface area contributed by atoms with Gasteiger partial charge in [0.05, 0.1) is 11.9 Å². The van der Waals surface area contributed by atoms with Gasteiger partial charge in [-0.25, -0.2) is 9.97 Å². The van der Waals surface area contributed by atoms with Crippen LogP contribution in [-0.2, 0) is 0 Å². The Labute approximate surface area is 128 Å². The largest absolute Gasteiger partial charge is 0.381 e. The van der Waals surface area contributed by atoms with Gasteiger partial charge < -0.3 is 5.73 Å². The van der Waals surface area contributed by atoms with E-state index in [9.17, 15) is 0 Å². The first-order chi connectivity index (χ1) is 10.2. The van der Waals surface area contributed by atoms with Gasteiger partial charge in [-0.2, -0.15) is 0 Å². The van der Waals surface area contributed by atoms with E-state index in [1.165, 1.54) is 17.3 Å². The zero-order valence-electron chi connectivity index (χ0n) is 11.7. The van der Waals surface area contributed by atoms with Gasteiger partial charge in [0.15, 0.2) is 5.82 Å². The van der Waals surface area contributed by atoms with Crippen molar-refractivity contribution >= 4 is 17.6 Å². The van der Waals surface area contributed by atoms with Crippen LogP contribution in [0.5, 0.6) is 0 Å². The first kappa shape index (κ1) is 13.6. The summed E-state index contributed by atoms with van der Waals surface area (Å²) in [4.78, 5) is 10.0. The summed E-state index contributed by atoms with van der Waals surface area (Å²) in [5.41, 5.74) is 9.05. The van der Waals surface area contributed by atoms with E-state index in [1.807, 2.05) is 30.3 Å². The molecule has 0 unspecified atom stereocenters. The first-order valence-electron chi connectivity index (χ1n) is 6.65. The number of nitrogens with zero attached hydrogens (tertiary/aromatic N) is 2. The van der Waals surface area contributed by atoms with Gasteiger partial charge in [0.2, 0.25) is 0 Å². The van der Waals surface area contributed by atoms with Crippen molar-refractivity contribution in [2.75, 3.05) is 5.73 Å². The van der Waals surface area contributed by atoms with Crippen LogP contribution in [0, 0.1) is 6.92 Å². The third-order valence-corrected chi connectivity index (χ3v) is 4.07. The van der Waals surface area contributed by atoms with Crippen molar-refractivity contribution in [3.63, 3.8) is 0 Å². The lowest BCUT2D eigenvalue weighted by molar-refractivity contribution is 1.08. The molecule has 0 aliphatic rings. The highest BCUT2D eigenvalue weighted by atomic mass is 32.2. The lowest BCUT2D eigenvalue weighted by atomic mass is 10.2. The van der Waals surface area contributed by atoms with Gasteiger partial charge in [0.1, 0.15) is 5.03 Å². The van der Waals surface area contributed by atoms with Crippen molar-refractivity contribution in [3.05, 3.63) is 66.4 Å². The summed E-state index contributed by atoms with van der Waals surface area (Å²) in [7, 11) is 0. The highest BCUT2D eigenvalue weighted by molar-refractivity contribution is 7.99. The maximum atomic E-state index is 5.95. The summed E-state index contributed by atoms with van der Waals surface area (Å²) in [6.45, 7) is 2.07. The van der Waals surface area contributed by atoms with E-state index >= 15 is 0 Å². The quantitative estimate of drug-likeness (QED) is 0.787. The highest BCUT2D eigenvalue weighted by Crippen LogP contribution is 2.31. The summed E-state index contributed by atoms with van der Waals surface area (Å²) in [5, 5.41) is 0.736. The molecule has 3 rings (SSSR count). The van der Waals surface area contributed by atoms with E-state index in [0.29, 0.717) is 5.82 Å². The maximum absolute atomic E-state index is 5.95. The molecule has 0 aliphatic heterocycles. The number of nitrogens with two attached hydrogens (primary N) is 1. The number of benzene rings is 2. The fourth-order valence-electron chi connectivity index (χ4n) is 1.92. The number of rotatable bonds is 3. The summed E-state index contributed by atoms with van der Waals surface area (Å²) < 4.78 is 0. The van der Waals surface area contributed by atoms with Crippen molar-refractivity contribution in [2.45, 2.75) is 16.8 Å². The van der Waals surface area contributed by atoms with Crippen LogP contribution in [0.3, 0.4) is 0 Å². The zero-order valence-corrected chi connectivity index (χ0v) is 12.5. The summed E-state index contributed by atoms with van der Waals surface area (Å²) in [6.07, 6.45) is 1.71. The SMILES string of the molecule is Cc1ccc(Sc2nc(-c3ccccc3)cnc2N)cc1. The molecule has 0 saturated heterocycles. The van der Waals surface area contributed by atoms with Crippen molar-refractivity contribution < 1.29 is 0 Å². The van der Waals surface area contributed by atoms with E-state index < -0.39 is 0 Å². The van der Waals surface area contributed by atoms with Gasteiger partial charge in [-0.3, -0.25) is 0 Å². The molecule has 3 aromatic rings. The molecule has 2 N–H and O–H groups in total. The van der Waals surface area contributed by atoms with Crippen LogP contribution in [0.2, 0.25) is 0 Å². The van der Waals surface area contributed by atoms with Crippen LogP contribution in [0.25, 0.3) is 11.3 Å². The van der Waals surface area contributed by atoms with E-state index in [0.717, 1.165) is 21.2 Å². The summed E-state index contributed by atoms with van der Waals surface area (Å²) in [6, 6.07) is 18.3. The van der Waals surface area contributed by atoms with Crippen molar-refractivity contribution in [2.24, 2.45) is 0 Å². The molecule has 0 bridgehead atoms. The Balaban J connectivity index is 1.93. The smallest absolute Gasteiger partial charge is 0.156 e.